The molecular formula is C26H25BrClFN2O5S. The van der Waals surface area contributed by atoms with E-state index < -0.39 is 21.6 Å². The van der Waals surface area contributed by atoms with E-state index in [0.29, 0.717) is 22.7 Å². The predicted molar refractivity (Wildman–Crippen MR) is 144 cm³/mol. The van der Waals surface area contributed by atoms with Gasteiger partial charge in [0.25, 0.3) is 15.9 Å². The first-order valence-corrected chi connectivity index (χ1v) is 14.0. The minimum absolute atomic E-state index is 0.0368. The Morgan fingerprint density at radius 1 is 1.00 bits per heavy atom. The number of hydrogen-bond acceptors (Lipinski definition) is 5. The third-order valence-electron chi connectivity index (χ3n) is 6.29. The van der Waals surface area contributed by atoms with E-state index in [2.05, 4.69) is 20.7 Å². The highest BCUT2D eigenvalue weighted by Gasteiger charge is 2.39. The minimum atomic E-state index is -3.98. The molecule has 3 aromatic rings. The summed E-state index contributed by atoms with van der Waals surface area (Å²) in [4.78, 5) is 14.7. The van der Waals surface area contributed by atoms with E-state index in [1.54, 1.807) is 42.5 Å². The van der Waals surface area contributed by atoms with Gasteiger partial charge in [0.05, 0.1) is 29.7 Å². The van der Waals surface area contributed by atoms with Crippen LogP contribution in [0.25, 0.3) is 0 Å². The number of carbonyl (C=O) groups is 1. The molecule has 1 saturated heterocycles. The summed E-state index contributed by atoms with van der Waals surface area (Å²) in [6, 6.07) is 15.5. The molecule has 3 aromatic carbocycles. The molecule has 0 aromatic heterocycles. The normalized spacial score (nSPS) is 15.2. The molecule has 37 heavy (non-hydrogen) atoms. The number of sulfonamides is 1. The van der Waals surface area contributed by atoms with Crippen LogP contribution in [-0.2, 0) is 15.7 Å². The minimum Gasteiger partial charge on any atom is -0.497 e. The van der Waals surface area contributed by atoms with Crippen molar-refractivity contribution in [2.45, 2.75) is 23.4 Å². The number of hydrogen-bond donors (Lipinski definition) is 1. The van der Waals surface area contributed by atoms with E-state index in [-0.39, 0.29) is 41.4 Å². The SMILES string of the molecule is COc1cc(OC)cc(C2(F)CCN(C(=O)c3cc(S(=O)(=O)Nc4ccc(Br)cc4)ccc3Cl)CC2)c1. The number of alkyl halides is 1. The van der Waals surface area contributed by atoms with Gasteiger partial charge >= 0.3 is 0 Å². The van der Waals surface area contributed by atoms with Crippen LogP contribution in [0.4, 0.5) is 10.1 Å². The second-order valence-electron chi connectivity index (χ2n) is 8.61. The summed E-state index contributed by atoms with van der Waals surface area (Å²) >= 11 is 9.59. The Morgan fingerprint density at radius 3 is 2.16 bits per heavy atom. The van der Waals surface area contributed by atoms with Crippen molar-refractivity contribution >= 4 is 49.1 Å². The Morgan fingerprint density at radius 2 is 1.59 bits per heavy atom. The Balaban J connectivity index is 1.52. The van der Waals surface area contributed by atoms with Gasteiger partial charge in [-0.2, -0.15) is 0 Å². The van der Waals surface area contributed by atoms with Gasteiger partial charge in [0, 0.05) is 42.2 Å². The highest BCUT2D eigenvalue weighted by atomic mass is 79.9. The van der Waals surface area contributed by atoms with Gasteiger partial charge in [-0.25, -0.2) is 12.8 Å². The molecule has 4 rings (SSSR count). The number of likely N-dealkylation sites (tertiary alicyclic amines) is 1. The highest BCUT2D eigenvalue weighted by molar-refractivity contribution is 9.10. The molecule has 1 fully saturated rings. The van der Waals surface area contributed by atoms with Crippen molar-refractivity contribution in [3.05, 3.63) is 81.3 Å². The zero-order valence-corrected chi connectivity index (χ0v) is 23.3. The van der Waals surface area contributed by atoms with Crippen LogP contribution in [0.3, 0.4) is 0 Å². The standard InChI is InChI=1S/C26H25BrClFN2O5S/c1-35-20-13-17(14-21(15-20)36-2)26(29)9-11-31(12-10-26)25(32)23-16-22(7-8-24(23)28)37(33,34)30-19-5-3-18(27)4-6-19/h3-8,13-16,30H,9-12H2,1-2H3. The van der Waals surface area contributed by atoms with E-state index in [0.717, 1.165) is 4.47 Å². The third kappa shape index (κ3) is 6.02. The number of anilines is 1. The number of amides is 1. The van der Waals surface area contributed by atoms with Crippen LogP contribution in [0.5, 0.6) is 11.5 Å². The number of rotatable bonds is 7. The van der Waals surface area contributed by atoms with Gasteiger partial charge in [-0.1, -0.05) is 27.5 Å². The number of nitrogens with zero attached hydrogens (tertiary/aromatic N) is 1. The van der Waals surface area contributed by atoms with E-state index in [1.165, 1.54) is 37.3 Å². The second-order valence-corrected chi connectivity index (χ2v) is 11.6. The molecule has 0 saturated carbocycles. The lowest BCUT2D eigenvalue weighted by Crippen LogP contribution is -2.43. The van der Waals surface area contributed by atoms with Crippen LogP contribution in [0, 0.1) is 0 Å². The molecule has 1 heterocycles. The van der Waals surface area contributed by atoms with Crippen LogP contribution >= 0.6 is 27.5 Å². The Labute approximate surface area is 228 Å². The Bertz CT molecular complexity index is 1390. The van der Waals surface area contributed by atoms with Gasteiger partial charge < -0.3 is 14.4 Å². The summed E-state index contributed by atoms with van der Waals surface area (Å²) in [6.45, 7) is 0.249. The summed E-state index contributed by atoms with van der Waals surface area (Å²) in [5, 5.41) is 0.113. The van der Waals surface area contributed by atoms with E-state index in [4.69, 9.17) is 21.1 Å². The molecule has 7 nitrogen and oxygen atoms in total. The molecule has 1 aliphatic heterocycles. The number of benzene rings is 3. The van der Waals surface area contributed by atoms with Crippen LogP contribution < -0.4 is 14.2 Å². The molecule has 1 aliphatic rings. The average Bonchev–Trinajstić information content (AvgIpc) is 2.89. The van der Waals surface area contributed by atoms with Crippen molar-refractivity contribution in [2.75, 3.05) is 32.0 Å². The maximum Gasteiger partial charge on any atom is 0.261 e. The molecule has 0 spiro atoms. The number of piperidine rings is 1. The fourth-order valence-electron chi connectivity index (χ4n) is 4.16. The fraction of sp³-hybridized carbons (Fsp3) is 0.269. The topological polar surface area (TPSA) is 84.9 Å². The maximum absolute atomic E-state index is 15.9. The fourth-order valence-corrected chi connectivity index (χ4v) is 5.70. The number of halogens is 3. The highest BCUT2D eigenvalue weighted by Crippen LogP contribution is 2.40. The summed E-state index contributed by atoms with van der Waals surface area (Å²) in [7, 11) is -0.982. The lowest BCUT2D eigenvalue weighted by Gasteiger charge is -2.37. The van der Waals surface area contributed by atoms with Gasteiger partial charge in [0.15, 0.2) is 0 Å². The average molecular weight is 612 g/mol. The molecular weight excluding hydrogens is 587 g/mol. The first-order valence-electron chi connectivity index (χ1n) is 11.3. The molecule has 0 radical (unpaired) electrons. The molecule has 11 heteroatoms. The van der Waals surface area contributed by atoms with Gasteiger partial charge in [0.1, 0.15) is 17.2 Å². The first-order chi connectivity index (χ1) is 17.5. The van der Waals surface area contributed by atoms with Gasteiger partial charge in [-0.15, -0.1) is 0 Å². The maximum atomic E-state index is 15.9. The van der Waals surface area contributed by atoms with Crippen LogP contribution in [0.1, 0.15) is 28.8 Å². The van der Waals surface area contributed by atoms with Crippen LogP contribution in [0.2, 0.25) is 5.02 Å². The Kier molecular flexibility index (Phi) is 8.01. The van der Waals surface area contributed by atoms with E-state index in [9.17, 15) is 13.2 Å². The molecule has 1 N–H and O–H groups in total. The summed E-state index contributed by atoms with van der Waals surface area (Å²) < 4.78 is 55.6. The van der Waals surface area contributed by atoms with Crippen molar-refractivity contribution in [1.82, 2.24) is 4.90 Å². The summed E-state index contributed by atoms with van der Waals surface area (Å²) in [5.74, 6) is 0.494. The predicted octanol–water partition coefficient (Wildman–Crippen LogP) is 6.02. The second kappa shape index (κ2) is 10.9. The van der Waals surface area contributed by atoms with Crippen molar-refractivity contribution in [3.63, 3.8) is 0 Å². The number of carbonyl (C=O) groups excluding carboxylic acids is 1. The lowest BCUT2D eigenvalue weighted by molar-refractivity contribution is 0.0419. The zero-order chi connectivity index (χ0) is 26.8. The van der Waals surface area contributed by atoms with Crippen molar-refractivity contribution in [1.29, 1.82) is 0 Å². The molecule has 0 unspecified atom stereocenters. The van der Waals surface area contributed by atoms with E-state index in [1.807, 2.05) is 0 Å². The third-order valence-corrected chi connectivity index (χ3v) is 8.52. The lowest BCUT2D eigenvalue weighted by atomic mass is 9.85. The number of ether oxygens (including phenoxy) is 2. The largest absolute Gasteiger partial charge is 0.497 e. The van der Waals surface area contributed by atoms with Gasteiger partial charge in [-0.3, -0.25) is 9.52 Å². The monoisotopic (exact) mass is 610 g/mol. The number of methoxy groups -OCH3 is 2. The number of nitrogens with one attached hydrogen (secondary N) is 1. The van der Waals surface area contributed by atoms with E-state index >= 15 is 4.39 Å². The molecule has 0 aliphatic carbocycles. The Hall–Kier alpha value is -2.82. The summed E-state index contributed by atoms with van der Waals surface area (Å²) in [5.41, 5.74) is -0.853. The summed E-state index contributed by atoms with van der Waals surface area (Å²) in [6.07, 6.45) is 0.103. The van der Waals surface area contributed by atoms with Gasteiger partial charge in [0.2, 0.25) is 0 Å². The van der Waals surface area contributed by atoms with Crippen LogP contribution in [0.15, 0.2) is 70.0 Å². The van der Waals surface area contributed by atoms with Gasteiger partial charge in [-0.05, 0) is 60.2 Å². The zero-order valence-electron chi connectivity index (χ0n) is 20.1. The molecule has 1 amide bonds. The molecule has 0 atom stereocenters. The molecule has 0 bridgehead atoms. The van der Waals surface area contributed by atoms with Crippen molar-refractivity contribution < 1.29 is 27.1 Å². The molecule has 196 valence electrons. The first kappa shape index (κ1) is 27.2. The smallest absolute Gasteiger partial charge is 0.261 e. The quantitative estimate of drug-likeness (QED) is 0.353. The van der Waals surface area contributed by atoms with Crippen molar-refractivity contribution in [3.8, 4) is 11.5 Å². The van der Waals surface area contributed by atoms with Crippen molar-refractivity contribution in [2.24, 2.45) is 0 Å². The van der Waals surface area contributed by atoms with Crippen LogP contribution in [-0.4, -0.2) is 46.5 Å².